The minimum atomic E-state index is -0.496. The molecule has 10 heteroatoms. The second kappa shape index (κ2) is 9.79. The Hall–Kier alpha value is -3.53. The van der Waals surface area contributed by atoms with Gasteiger partial charge in [-0.3, -0.25) is 4.79 Å². The van der Waals surface area contributed by atoms with Crippen molar-refractivity contribution in [2.75, 3.05) is 30.6 Å². The van der Waals surface area contributed by atoms with Gasteiger partial charge in [0.1, 0.15) is 5.75 Å². The molecule has 3 rings (SSSR count). The molecule has 9 nitrogen and oxygen atoms in total. The Morgan fingerprint density at radius 1 is 1.13 bits per heavy atom. The van der Waals surface area contributed by atoms with E-state index < -0.39 is 5.97 Å². The number of nitrogens with two attached hydrogens (primary N) is 1. The van der Waals surface area contributed by atoms with Crippen LogP contribution in [0.1, 0.15) is 17.3 Å². The van der Waals surface area contributed by atoms with Crippen LogP contribution in [0, 0.1) is 0 Å². The van der Waals surface area contributed by atoms with Crippen molar-refractivity contribution in [2.24, 2.45) is 0 Å². The van der Waals surface area contributed by atoms with Gasteiger partial charge in [0.15, 0.2) is 5.82 Å². The van der Waals surface area contributed by atoms with Gasteiger partial charge in [-0.15, -0.1) is 10.2 Å². The van der Waals surface area contributed by atoms with Gasteiger partial charge < -0.3 is 20.6 Å². The van der Waals surface area contributed by atoms with E-state index in [-0.39, 0.29) is 23.8 Å². The molecule has 1 amide bonds. The molecular weight excluding hydrogens is 406 g/mol. The maximum atomic E-state index is 12.4. The second-order valence-corrected chi connectivity index (χ2v) is 6.92. The molecule has 156 valence electrons. The summed E-state index contributed by atoms with van der Waals surface area (Å²) in [7, 11) is 1.56. The van der Waals surface area contributed by atoms with E-state index in [2.05, 4.69) is 15.5 Å². The van der Waals surface area contributed by atoms with Crippen LogP contribution in [0.25, 0.3) is 11.4 Å². The Morgan fingerprint density at radius 2 is 1.87 bits per heavy atom. The Kier molecular flexibility index (Phi) is 6.91. The van der Waals surface area contributed by atoms with E-state index in [0.717, 1.165) is 11.8 Å². The topological polar surface area (TPSA) is 121 Å². The lowest BCUT2D eigenvalue weighted by Crippen LogP contribution is -2.18. The summed E-state index contributed by atoms with van der Waals surface area (Å²) in [5.41, 5.74) is 1.36. The van der Waals surface area contributed by atoms with E-state index in [9.17, 15) is 9.59 Å². The van der Waals surface area contributed by atoms with Gasteiger partial charge in [0.2, 0.25) is 11.1 Å². The third kappa shape index (κ3) is 4.71. The highest BCUT2D eigenvalue weighted by Crippen LogP contribution is 2.29. The van der Waals surface area contributed by atoms with E-state index in [1.54, 1.807) is 44.4 Å². The summed E-state index contributed by atoms with van der Waals surface area (Å²) in [6, 6.07) is 14.0. The van der Waals surface area contributed by atoms with Crippen LogP contribution in [-0.2, 0) is 9.53 Å². The summed E-state index contributed by atoms with van der Waals surface area (Å²) in [5, 5.41) is 11.2. The number of thioether (sulfide) groups is 1. The predicted molar refractivity (Wildman–Crippen MR) is 114 cm³/mol. The van der Waals surface area contributed by atoms with Crippen LogP contribution < -0.4 is 15.9 Å². The fraction of sp³-hybridized carbons (Fsp3) is 0.200. The number of nitrogen functional groups attached to an aromatic ring is 1. The summed E-state index contributed by atoms with van der Waals surface area (Å²) in [5.74, 6) is 6.36. The zero-order valence-electron chi connectivity index (χ0n) is 16.5. The zero-order chi connectivity index (χ0) is 21.5. The highest BCUT2D eigenvalue weighted by Gasteiger charge is 2.18. The molecule has 2 aromatic carbocycles. The third-order valence-electron chi connectivity index (χ3n) is 4.04. The first-order valence-corrected chi connectivity index (χ1v) is 10.1. The number of ether oxygens (including phenoxy) is 2. The van der Waals surface area contributed by atoms with Crippen molar-refractivity contribution in [3.05, 3.63) is 54.1 Å². The standard InChI is InChI=1S/C20H21N5O4S/c1-3-29-19(27)13-8-4-6-10-15(13)22-17(26)12-30-20-24-23-18(25(20)21)14-9-5-7-11-16(14)28-2/h4-11H,3,12,21H2,1-2H3,(H,22,26). The van der Waals surface area contributed by atoms with Crippen LogP contribution in [0.2, 0.25) is 0 Å². The Morgan fingerprint density at radius 3 is 2.63 bits per heavy atom. The molecule has 0 saturated carbocycles. The monoisotopic (exact) mass is 427 g/mol. The molecule has 0 aliphatic carbocycles. The Bertz CT molecular complexity index is 1050. The van der Waals surface area contributed by atoms with Gasteiger partial charge in [-0.1, -0.05) is 36.0 Å². The number of esters is 1. The molecule has 0 aliphatic rings. The highest BCUT2D eigenvalue weighted by atomic mass is 32.2. The number of carbonyl (C=O) groups is 2. The summed E-state index contributed by atoms with van der Waals surface area (Å²) < 4.78 is 11.7. The van der Waals surface area contributed by atoms with Gasteiger partial charge in [-0.05, 0) is 31.2 Å². The molecule has 0 saturated heterocycles. The van der Waals surface area contributed by atoms with Crippen LogP contribution in [0.4, 0.5) is 5.69 Å². The van der Waals surface area contributed by atoms with Crippen molar-refractivity contribution in [3.63, 3.8) is 0 Å². The van der Waals surface area contributed by atoms with E-state index in [4.69, 9.17) is 15.3 Å². The number of hydrogen-bond donors (Lipinski definition) is 2. The second-order valence-electron chi connectivity index (χ2n) is 5.98. The Balaban J connectivity index is 1.68. The van der Waals surface area contributed by atoms with Gasteiger partial charge in [0, 0.05) is 0 Å². The molecule has 30 heavy (non-hydrogen) atoms. The van der Waals surface area contributed by atoms with Crippen molar-refractivity contribution < 1.29 is 19.1 Å². The first-order chi connectivity index (χ1) is 14.5. The number of rotatable bonds is 8. The minimum Gasteiger partial charge on any atom is -0.496 e. The molecular formula is C20H21N5O4S. The summed E-state index contributed by atoms with van der Waals surface area (Å²) in [6.45, 7) is 1.97. The van der Waals surface area contributed by atoms with Crippen molar-refractivity contribution in [1.82, 2.24) is 14.9 Å². The molecule has 1 heterocycles. The van der Waals surface area contributed by atoms with Crippen LogP contribution in [0.15, 0.2) is 53.7 Å². The summed E-state index contributed by atoms with van der Waals surface area (Å²) in [4.78, 5) is 24.4. The molecule has 1 aromatic heterocycles. The first kappa shape index (κ1) is 21.2. The average Bonchev–Trinajstić information content (AvgIpc) is 3.13. The van der Waals surface area contributed by atoms with Crippen LogP contribution in [0.5, 0.6) is 5.75 Å². The number of amides is 1. The molecule has 0 fully saturated rings. The number of aromatic nitrogens is 3. The van der Waals surface area contributed by atoms with Crippen molar-refractivity contribution >= 4 is 29.3 Å². The molecule has 3 aromatic rings. The maximum Gasteiger partial charge on any atom is 0.340 e. The number of benzene rings is 2. The van der Waals surface area contributed by atoms with E-state index in [1.807, 2.05) is 18.2 Å². The van der Waals surface area contributed by atoms with Crippen molar-refractivity contribution in [1.29, 1.82) is 0 Å². The lowest BCUT2D eigenvalue weighted by Gasteiger charge is -2.10. The number of nitrogens with one attached hydrogen (secondary N) is 1. The summed E-state index contributed by atoms with van der Waals surface area (Å²) in [6.07, 6.45) is 0. The van der Waals surface area contributed by atoms with Gasteiger partial charge in [-0.2, -0.15) is 0 Å². The smallest absolute Gasteiger partial charge is 0.340 e. The van der Waals surface area contributed by atoms with Gasteiger partial charge in [0.25, 0.3) is 0 Å². The molecule has 0 aliphatic heterocycles. The number of nitrogens with zero attached hydrogens (tertiary/aromatic N) is 3. The zero-order valence-corrected chi connectivity index (χ0v) is 17.3. The lowest BCUT2D eigenvalue weighted by molar-refractivity contribution is -0.113. The van der Waals surface area contributed by atoms with E-state index >= 15 is 0 Å². The molecule has 0 bridgehead atoms. The number of carbonyl (C=O) groups excluding carboxylic acids is 2. The number of para-hydroxylation sites is 2. The molecule has 0 unspecified atom stereocenters. The van der Waals surface area contributed by atoms with E-state index in [1.165, 1.54) is 4.68 Å². The SMILES string of the molecule is CCOC(=O)c1ccccc1NC(=O)CSc1nnc(-c2ccccc2OC)n1N. The molecule has 0 atom stereocenters. The normalized spacial score (nSPS) is 10.5. The quantitative estimate of drug-likeness (QED) is 0.320. The average molecular weight is 427 g/mol. The van der Waals surface area contributed by atoms with Gasteiger partial charge in [0.05, 0.1) is 36.3 Å². The number of anilines is 1. The lowest BCUT2D eigenvalue weighted by atomic mass is 10.2. The van der Waals surface area contributed by atoms with Crippen LogP contribution >= 0.6 is 11.8 Å². The van der Waals surface area contributed by atoms with E-state index in [0.29, 0.717) is 28.0 Å². The molecule has 0 radical (unpaired) electrons. The van der Waals surface area contributed by atoms with Crippen LogP contribution in [-0.4, -0.2) is 46.2 Å². The van der Waals surface area contributed by atoms with Crippen LogP contribution in [0.3, 0.4) is 0 Å². The number of methoxy groups -OCH3 is 1. The third-order valence-corrected chi connectivity index (χ3v) is 4.98. The predicted octanol–water partition coefficient (Wildman–Crippen LogP) is 2.58. The minimum absolute atomic E-state index is 0.0262. The fourth-order valence-corrected chi connectivity index (χ4v) is 3.34. The van der Waals surface area contributed by atoms with Gasteiger partial charge in [-0.25, -0.2) is 9.47 Å². The first-order valence-electron chi connectivity index (χ1n) is 9.07. The summed E-state index contributed by atoms with van der Waals surface area (Å²) >= 11 is 1.12. The molecule has 3 N–H and O–H groups in total. The largest absolute Gasteiger partial charge is 0.496 e. The fourth-order valence-electron chi connectivity index (χ4n) is 2.68. The number of hydrogen-bond acceptors (Lipinski definition) is 8. The maximum absolute atomic E-state index is 12.4. The van der Waals surface area contributed by atoms with Crippen molar-refractivity contribution in [2.45, 2.75) is 12.1 Å². The Labute approximate surface area is 177 Å². The van der Waals surface area contributed by atoms with Crippen molar-refractivity contribution in [3.8, 4) is 17.1 Å². The van der Waals surface area contributed by atoms with Gasteiger partial charge >= 0.3 is 5.97 Å². The highest BCUT2D eigenvalue weighted by molar-refractivity contribution is 7.99. The molecule has 0 spiro atoms.